The van der Waals surface area contributed by atoms with Gasteiger partial charge in [0.05, 0.1) is 17.5 Å². The fourth-order valence-corrected chi connectivity index (χ4v) is 8.24. The lowest BCUT2D eigenvalue weighted by molar-refractivity contribution is -0.122. The van der Waals surface area contributed by atoms with Crippen LogP contribution in [0.5, 0.6) is 0 Å². The van der Waals surface area contributed by atoms with Crippen molar-refractivity contribution in [1.29, 1.82) is 0 Å². The highest BCUT2D eigenvalue weighted by atomic mass is 32.1. The predicted molar refractivity (Wildman–Crippen MR) is 193 cm³/mol. The first-order chi connectivity index (χ1) is 23.9. The van der Waals surface area contributed by atoms with Gasteiger partial charge in [-0.15, -0.1) is 11.3 Å². The van der Waals surface area contributed by atoms with Crippen LogP contribution in [0.3, 0.4) is 0 Å². The van der Waals surface area contributed by atoms with Gasteiger partial charge in [-0.25, -0.2) is 9.78 Å². The highest BCUT2D eigenvalue weighted by molar-refractivity contribution is 7.20. The Hall–Kier alpha value is -4.55. The summed E-state index contributed by atoms with van der Waals surface area (Å²) in [6.45, 7) is 9.76. The van der Waals surface area contributed by atoms with E-state index in [1.165, 1.54) is 28.7 Å². The van der Waals surface area contributed by atoms with Crippen molar-refractivity contribution < 1.29 is 24.2 Å². The number of benzene rings is 1. The molecule has 264 valence electrons. The van der Waals surface area contributed by atoms with Crippen LogP contribution in [0.2, 0.25) is 0 Å². The van der Waals surface area contributed by atoms with Crippen molar-refractivity contribution >= 4 is 40.0 Å². The van der Waals surface area contributed by atoms with Crippen LogP contribution in [-0.2, 0) is 22.4 Å². The molecule has 0 radical (unpaired) electrons. The first-order valence-corrected chi connectivity index (χ1v) is 18.1. The summed E-state index contributed by atoms with van der Waals surface area (Å²) in [7, 11) is 0. The Balaban J connectivity index is 0.00000139. The van der Waals surface area contributed by atoms with Crippen molar-refractivity contribution in [2.45, 2.75) is 70.9 Å². The second kappa shape index (κ2) is 14.7. The number of carbonyl (C=O) groups excluding carboxylic acids is 2. The summed E-state index contributed by atoms with van der Waals surface area (Å²) in [6, 6.07) is 15.6. The molecule has 2 amide bonds. The number of piperidine rings is 1. The van der Waals surface area contributed by atoms with Crippen LogP contribution in [0.1, 0.15) is 79.0 Å². The molecule has 2 atom stereocenters. The molecule has 4 aromatic rings. The number of aryl methyl sites for hydroxylation is 1. The van der Waals surface area contributed by atoms with Gasteiger partial charge < -0.3 is 30.4 Å². The van der Waals surface area contributed by atoms with E-state index in [-0.39, 0.29) is 41.1 Å². The van der Waals surface area contributed by atoms with Gasteiger partial charge in [-0.3, -0.25) is 14.4 Å². The third-order valence-corrected chi connectivity index (χ3v) is 11.5. The summed E-state index contributed by atoms with van der Waals surface area (Å²) in [5.74, 6) is 0.539. The molecule has 1 spiro atoms. The Morgan fingerprint density at radius 2 is 1.86 bits per heavy atom. The average Bonchev–Trinajstić information content (AvgIpc) is 3.69. The molecule has 5 heterocycles. The maximum atomic E-state index is 13.8. The first-order valence-electron chi connectivity index (χ1n) is 17.2. The van der Waals surface area contributed by atoms with E-state index < -0.39 is 0 Å². The second-order valence-corrected chi connectivity index (χ2v) is 15.7. The van der Waals surface area contributed by atoms with Crippen molar-refractivity contribution in [3.8, 4) is 11.1 Å². The van der Waals surface area contributed by atoms with Crippen molar-refractivity contribution in [2.75, 3.05) is 26.2 Å². The number of aromatic amines is 1. The van der Waals surface area contributed by atoms with E-state index in [1.54, 1.807) is 6.20 Å². The van der Waals surface area contributed by atoms with E-state index in [2.05, 4.69) is 59.5 Å². The fourth-order valence-electron chi connectivity index (χ4n) is 7.30. The minimum atomic E-state index is -0.388. The van der Waals surface area contributed by atoms with Gasteiger partial charge in [0.25, 0.3) is 12.4 Å². The van der Waals surface area contributed by atoms with Gasteiger partial charge >= 0.3 is 6.09 Å². The second-order valence-electron chi connectivity index (χ2n) is 14.7. The molecule has 2 fully saturated rings. The van der Waals surface area contributed by atoms with Gasteiger partial charge in [-0.05, 0) is 77.5 Å². The number of H-pyrrole nitrogens is 1. The summed E-state index contributed by atoms with van der Waals surface area (Å²) in [5, 5.41) is 14.1. The number of carbonyl (C=O) groups is 3. The van der Waals surface area contributed by atoms with Gasteiger partial charge in [0.15, 0.2) is 0 Å². The van der Waals surface area contributed by atoms with Crippen molar-refractivity contribution in [2.24, 2.45) is 11.3 Å². The summed E-state index contributed by atoms with van der Waals surface area (Å²) in [4.78, 5) is 57.2. The Morgan fingerprint density at radius 1 is 1.14 bits per heavy atom. The molecule has 0 bridgehead atoms. The molecule has 1 aliphatic carbocycles. The molecule has 50 heavy (non-hydrogen) atoms. The summed E-state index contributed by atoms with van der Waals surface area (Å²) in [5.41, 5.74) is 5.18. The molecule has 2 saturated heterocycles. The number of hydrogen-bond acceptors (Lipinski definition) is 8. The molecule has 1 aromatic carbocycles. The molecular formula is C38H45N5O6S. The number of nitrogens with zero attached hydrogens (tertiary/aromatic N) is 2. The SMILES string of the molecule is CC(C)(C)[C@H]1CCc2nc3sc(C(=O)N[C@H](CCN4CCC5(CC4)CNC(=O)O5)c4ccc(-c5ccc(=O)[nH]c5)cc4)cc3cc2C1.O=CO. The number of nitrogens with one attached hydrogen (secondary N) is 3. The van der Waals surface area contributed by atoms with Crippen LogP contribution in [-0.4, -0.2) is 70.2 Å². The lowest BCUT2D eigenvalue weighted by Gasteiger charge is -2.37. The third kappa shape index (κ3) is 8.08. The van der Waals surface area contributed by atoms with E-state index in [1.807, 2.05) is 24.3 Å². The number of amides is 2. The molecule has 2 aliphatic heterocycles. The van der Waals surface area contributed by atoms with Crippen molar-refractivity contribution in [1.82, 2.24) is 25.5 Å². The number of ether oxygens (including phenoxy) is 1. The smallest absolute Gasteiger partial charge is 0.407 e. The molecule has 12 heteroatoms. The number of hydrogen-bond donors (Lipinski definition) is 4. The Bertz CT molecular complexity index is 1880. The molecule has 3 aliphatic rings. The zero-order chi connectivity index (χ0) is 35.5. The monoisotopic (exact) mass is 699 g/mol. The quantitative estimate of drug-likeness (QED) is 0.173. The van der Waals surface area contributed by atoms with E-state index in [9.17, 15) is 14.4 Å². The van der Waals surface area contributed by atoms with Gasteiger partial charge in [0, 0.05) is 55.8 Å². The number of pyridine rings is 2. The molecule has 3 aromatic heterocycles. The largest absolute Gasteiger partial charge is 0.483 e. The lowest BCUT2D eigenvalue weighted by atomic mass is 9.71. The van der Waals surface area contributed by atoms with Crippen LogP contribution in [0.15, 0.2) is 59.5 Å². The van der Waals surface area contributed by atoms with Crippen LogP contribution in [0, 0.1) is 11.3 Å². The number of likely N-dealkylation sites (tertiary alicyclic amines) is 1. The van der Waals surface area contributed by atoms with Crippen molar-refractivity contribution in [3.05, 3.63) is 86.8 Å². The molecule has 0 saturated carbocycles. The van der Waals surface area contributed by atoms with Gasteiger partial charge in [0.2, 0.25) is 5.56 Å². The van der Waals surface area contributed by atoms with Gasteiger partial charge in [-0.2, -0.15) is 0 Å². The van der Waals surface area contributed by atoms with Crippen LogP contribution in [0.25, 0.3) is 21.3 Å². The number of fused-ring (bicyclic) bond motifs is 2. The molecule has 4 N–H and O–H groups in total. The molecule has 0 unspecified atom stereocenters. The number of thiophene rings is 1. The highest BCUT2D eigenvalue weighted by Gasteiger charge is 2.42. The Kier molecular flexibility index (Phi) is 10.4. The van der Waals surface area contributed by atoms with E-state index in [4.69, 9.17) is 19.6 Å². The first kappa shape index (κ1) is 35.3. The van der Waals surface area contributed by atoms with Crippen LogP contribution < -0.4 is 16.2 Å². The normalized spacial score (nSPS) is 19.1. The molecule has 7 rings (SSSR count). The maximum absolute atomic E-state index is 13.8. The van der Waals surface area contributed by atoms with Crippen molar-refractivity contribution in [3.63, 3.8) is 0 Å². The Labute approximate surface area is 295 Å². The minimum Gasteiger partial charge on any atom is -0.483 e. The van der Waals surface area contributed by atoms with Gasteiger partial charge in [0.1, 0.15) is 10.4 Å². The minimum absolute atomic E-state index is 0.0882. The number of alkyl carbamates (subject to hydrolysis) is 1. The predicted octanol–water partition coefficient (Wildman–Crippen LogP) is 5.94. The number of carboxylic acid groups (broad SMARTS) is 1. The van der Waals surface area contributed by atoms with E-state index in [0.29, 0.717) is 17.3 Å². The van der Waals surface area contributed by atoms with Gasteiger partial charge in [-0.1, -0.05) is 45.0 Å². The number of aromatic nitrogens is 2. The third-order valence-electron chi connectivity index (χ3n) is 10.4. The lowest BCUT2D eigenvalue weighted by Crippen LogP contribution is -2.47. The van der Waals surface area contributed by atoms with E-state index >= 15 is 0 Å². The average molecular weight is 700 g/mol. The zero-order valence-corrected chi connectivity index (χ0v) is 29.6. The summed E-state index contributed by atoms with van der Waals surface area (Å²) < 4.78 is 5.61. The zero-order valence-electron chi connectivity index (χ0n) is 28.8. The topological polar surface area (TPSA) is 154 Å². The van der Waals surface area contributed by atoms with Crippen LogP contribution >= 0.6 is 11.3 Å². The van der Waals surface area contributed by atoms with Crippen LogP contribution in [0.4, 0.5) is 4.79 Å². The Morgan fingerprint density at radius 3 is 2.50 bits per heavy atom. The maximum Gasteiger partial charge on any atom is 0.407 e. The highest BCUT2D eigenvalue weighted by Crippen LogP contribution is 2.39. The number of rotatable bonds is 7. The van der Waals surface area contributed by atoms with E-state index in [0.717, 1.165) is 85.1 Å². The summed E-state index contributed by atoms with van der Waals surface area (Å²) >= 11 is 1.47. The fraction of sp³-hybridized carbons (Fsp3) is 0.447. The standard InChI is InChI=1S/C37H43N5O4S.CH2O2/c1-36(2,3)28-9-10-29-26(19-28)18-27-20-31(47-34(27)41-29)33(44)40-30(12-15-42-16-13-37(14-17-42)22-39-35(45)46-37)24-6-4-23(5-7-24)25-8-11-32(43)38-21-25;2-1-3/h4-8,11,18,20-21,28,30H,9-10,12-17,19,22H2,1-3H3,(H,38,43)(H,39,45)(H,40,44);1H,(H,2,3)/t28-,30+;/m0./s1. The molecule has 11 nitrogen and oxygen atoms in total. The summed E-state index contributed by atoms with van der Waals surface area (Å²) in [6.07, 6.45) is 6.90. The molecular weight excluding hydrogens is 655 g/mol.